The summed E-state index contributed by atoms with van der Waals surface area (Å²) >= 11 is 5.73. The fourth-order valence-electron chi connectivity index (χ4n) is 2.47. The fourth-order valence-corrected chi connectivity index (χ4v) is 2.63. The lowest BCUT2D eigenvalue weighted by Gasteiger charge is -2.38. The molecule has 0 aromatic heterocycles. The molecule has 1 aliphatic heterocycles. The van der Waals surface area contributed by atoms with Crippen molar-refractivity contribution in [1.82, 2.24) is 10.2 Å². The Kier molecular flexibility index (Phi) is 4.83. The van der Waals surface area contributed by atoms with Gasteiger partial charge in [0.2, 0.25) is 11.8 Å². The lowest BCUT2D eigenvalue weighted by molar-refractivity contribution is -0.148. The molecule has 0 radical (unpaired) electrons. The predicted octanol–water partition coefficient (Wildman–Crippen LogP) is 2.35. The van der Waals surface area contributed by atoms with Gasteiger partial charge in [-0.05, 0) is 18.1 Å². The van der Waals surface area contributed by atoms with Crippen LogP contribution in [0.25, 0.3) is 0 Å². The van der Waals surface area contributed by atoms with E-state index < -0.39 is 11.9 Å². The maximum absolute atomic E-state index is 13.9. The normalized spacial score (nSPS) is 20.4. The Morgan fingerprint density at radius 3 is 2.81 bits per heavy atom. The highest BCUT2D eigenvalue weighted by molar-refractivity contribution is 6.30. The number of piperazine rings is 1. The van der Waals surface area contributed by atoms with Crippen molar-refractivity contribution in [2.24, 2.45) is 5.92 Å². The molecular formula is C15H18ClFN2O2. The van der Waals surface area contributed by atoms with Crippen molar-refractivity contribution in [3.8, 4) is 0 Å². The molecule has 1 heterocycles. The summed E-state index contributed by atoms with van der Waals surface area (Å²) < 4.78 is 13.9. The zero-order chi connectivity index (χ0) is 15.6. The topological polar surface area (TPSA) is 49.4 Å². The standard InChI is InChI=1S/C15H18ClFN2O2/c1-3-9(2)14-15(21)18-7-13(20)19(14)8-10-4-5-11(16)6-12(10)17/h4-6,9,14H,3,7-8H2,1-2H3,(H,18,21). The second-order valence-corrected chi connectivity index (χ2v) is 5.74. The van der Waals surface area contributed by atoms with Crippen LogP contribution in [-0.4, -0.2) is 29.3 Å². The largest absolute Gasteiger partial charge is 0.345 e. The van der Waals surface area contributed by atoms with Crippen molar-refractivity contribution in [1.29, 1.82) is 0 Å². The molecule has 1 aromatic carbocycles. The number of benzene rings is 1. The Bertz CT molecular complexity index is 565. The van der Waals surface area contributed by atoms with Crippen LogP contribution in [0.2, 0.25) is 5.02 Å². The van der Waals surface area contributed by atoms with E-state index in [0.29, 0.717) is 10.6 Å². The van der Waals surface area contributed by atoms with Crippen molar-refractivity contribution in [3.05, 3.63) is 34.6 Å². The summed E-state index contributed by atoms with van der Waals surface area (Å²) in [5.41, 5.74) is 0.357. The van der Waals surface area contributed by atoms with Gasteiger partial charge in [0.15, 0.2) is 0 Å². The Balaban J connectivity index is 2.28. The quantitative estimate of drug-likeness (QED) is 0.928. The third-order valence-electron chi connectivity index (χ3n) is 3.88. The summed E-state index contributed by atoms with van der Waals surface area (Å²) in [5, 5.41) is 2.89. The molecule has 1 saturated heterocycles. The van der Waals surface area contributed by atoms with Crippen LogP contribution in [0.3, 0.4) is 0 Å². The van der Waals surface area contributed by atoms with Crippen LogP contribution in [0.4, 0.5) is 4.39 Å². The van der Waals surface area contributed by atoms with Gasteiger partial charge in [0.25, 0.3) is 0 Å². The Hall–Kier alpha value is -1.62. The van der Waals surface area contributed by atoms with E-state index in [2.05, 4.69) is 5.32 Å². The average molecular weight is 313 g/mol. The van der Waals surface area contributed by atoms with Crippen LogP contribution in [-0.2, 0) is 16.1 Å². The monoisotopic (exact) mass is 312 g/mol. The summed E-state index contributed by atoms with van der Waals surface area (Å²) in [6.45, 7) is 3.90. The van der Waals surface area contributed by atoms with Gasteiger partial charge >= 0.3 is 0 Å². The first-order valence-electron chi connectivity index (χ1n) is 6.95. The van der Waals surface area contributed by atoms with E-state index in [-0.39, 0.29) is 30.8 Å². The SMILES string of the molecule is CCC(C)C1C(=O)NCC(=O)N1Cc1ccc(Cl)cc1F. The number of nitrogens with zero attached hydrogens (tertiary/aromatic N) is 1. The minimum absolute atomic E-state index is 0.00427. The predicted molar refractivity (Wildman–Crippen MR) is 78.2 cm³/mol. The second kappa shape index (κ2) is 6.43. The van der Waals surface area contributed by atoms with E-state index in [9.17, 15) is 14.0 Å². The number of carbonyl (C=O) groups is 2. The van der Waals surface area contributed by atoms with Crippen molar-refractivity contribution in [3.63, 3.8) is 0 Å². The zero-order valence-electron chi connectivity index (χ0n) is 12.0. The van der Waals surface area contributed by atoms with E-state index in [0.717, 1.165) is 6.42 Å². The highest BCUT2D eigenvalue weighted by Crippen LogP contribution is 2.23. The van der Waals surface area contributed by atoms with E-state index in [1.807, 2.05) is 13.8 Å². The molecule has 1 aliphatic rings. The molecule has 114 valence electrons. The van der Waals surface area contributed by atoms with Crippen LogP contribution >= 0.6 is 11.6 Å². The first-order chi connectivity index (χ1) is 9.93. The van der Waals surface area contributed by atoms with Crippen LogP contribution < -0.4 is 5.32 Å². The van der Waals surface area contributed by atoms with Gasteiger partial charge in [-0.1, -0.05) is 37.9 Å². The number of amides is 2. The molecular weight excluding hydrogens is 295 g/mol. The van der Waals surface area contributed by atoms with Crippen LogP contribution in [0.15, 0.2) is 18.2 Å². The highest BCUT2D eigenvalue weighted by atomic mass is 35.5. The van der Waals surface area contributed by atoms with Crippen molar-refractivity contribution in [2.75, 3.05) is 6.54 Å². The van der Waals surface area contributed by atoms with Gasteiger partial charge in [-0.25, -0.2) is 4.39 Å². The summed E-state index contributed by atoms with van der Waals surface area (Å²) in [6, 6.07) is 3.77. The molecule has 0 saturated carbocycles. The molecule has 2 rings (SSSR count). The number of halogens is 2. The number of hydrogen-bond acceptors (Lipinski definition) is 2. The van der Waals surface area contributed by atoms with Gasteiger partial charge in [0, 0.05) is 17.1 Å². The van der Waals surface area contributed by atoms with Crippen LogP contribution in [0.5, 0.6) is 0 Å². The summed E-state index contributed by atoms with van der Waals surface area (Å²) in [4.78, 5) is 25.6. The van der Waals surface area contributed by atoms with Gasteiger partial charge in [0.1, 0.15) is 11.9 Å². The van der Waals surface area contributed by atoms with Crippen LogP contribution in [0, 0.1) is 11.7 Å². The van der Waals surface area contributed by atoms with E-state index in [1.54, 1.807) is 12.1 Å². The average Bonchev–Trinajstić information content (AvgIpc) is 2.45. The molecule has 2 atom stereocenters. The molecule has 2 amide bonds. The third kappa shape index (κ3) is 3.35. The summed E-state index contributed by atoms with van der Waals surface area (Å²) in [6.07, 6.45) is 0.755. The minimum atomic E-state index is -0.564. The molecule has 1 fully saturated rings. The summed E-state index contributed by atoms with van der Waals surface area (Å²) in [7, 11) is 0. The second-order valence-electron chi connectivity index (χ2n) is 5.31. The van der Waals surface area contributed by atoms with Gasteiger partial charge < -0.3 is 10.2 Å². The van der Waals surface area contributed by atoms with Gasteiger partial charge in [-0.2, -0.15) is 0 Å². The van der Waals surface area contributed by atoms with Gasteiger partial charge in [-0.3, -0.25) is 9.59 Å². The number of carbonyl (C=O) groups excluding carboxylic acids is 2. The first-order valence-corrected chi connectivity index (χ1v) is 7.33. The Morgan fingerprint density at radius 2 is 2.19 bits per heavy atom. The Morgan fingerprint density at radius 1 is 1.48 bits per heavy atom. The molecule has 6 heteroatoms. The fraction of sp³-hybridized carbons (Fsp3) is 0.467. The van der Waals surface area contributed by atoms with Crippen molar-refractivity contribution in [2.45, 2.75) is 32.9 Å². The first kappa shape index (κ1) is 15.8. The third-order valence-corrected chi connectivity index (χ3v) is 4.11. The maximum atomic E-state index is 13.9. The highest BCUT2D eigenvalue weighted by Gasteiger charge is 2.37. The molecule has 0 spiro atoms. The van der Waals surface area contributed by atoms with Crippen molar-refractivity contribution < 1.29 is 14.0 Å². The van der Waals surface area contributed by atoms with Gasteiger partial charge in [-0.15, -0.1) is 0 Å². The van der Waals surface area contributed by atoms with E-state index >= 15 is 0 Å². The maximum Gasteiger partial charge on any atom is 0.243 e. The molecule has 1 aromatic rings. The van der Waals surface area contributed by atoms with E-state index in [1.165, 1.54) is 11.0 Å². The molecule has 0 bridgehead atoms. The minimum Gasteiger partial charge on any atom is -0.345 e. The molecule has 21 heavy (non-hydrogen) atoms. The molecule has 4 nitrogen and oxygen atoms in total. The van der Waals surface area contributed by atoms with E-state index in [4.69, 9.17) is 11.6 Å². The molecule has 2 unspecified atom stereocenters. The number of rotatable bonds is 4. The molecule has 0 aliphatic carbocycles. The number of hydrogen-bond donors (Lipinski definition) is 1. The Labute approximate surface area is 128 Å². The smallest absolute Gasteiger partial charge is 0.243 e. The summed E-state index contributed by atoms with van der Waals surface area (Å²) in [5.74, 6) is -0.846. The van der Waals surface area contributed by atoms with Gasteiger partial charge in [0.05, 0.1) is 6.54 Å². The van der Waals surface area contributed by atoms with Crippen LogP contribution in [0.1, 0.15) is 25.8 Å². The lowest BCUT2D eigenvalue weighted by atomic mass is 9.94. The zero-order valence-corrected chi connectivity index (χ0v) is 12.8. The number of nitrogens with one attached hydrogen (secondary N) is 1. The van der Waals surface area contributed by atoms with Crippen molar-refractivity contribution >= 4 is 23.4 Å². The lowest BCUT2D eigenvalue weighted by Crippen LogP contribution is -2.60. The molecule has 1 N–H and O–H groups in total.